The standard InChI is InChI=1S/C30H37N3O4/c1-30(2,3)28(27(35)23-18-31-24-15-8-7-13-21(23)24)32-29(36)22(26(34)25(33-37)20-16-17-20)14-9-12-19-10-5-4-6-11-19/h4-8,10-11,13,15,18,22,26,28,31,33-34,37H,9,12,14,16-17H2,1-3H3,(H,32,36)/t22-,26+,28-/m1/s1. The number of benzene rings is 2. The first-order valence-electron chi connectivity index (χ1n) is 13.0. The van der Waals surface area contributed by atoms with E-state index in [4.69, 9.17) is 0 Å². The van der Waals surface area contributed by atoms with Crippen LogP contribution in [0.3, 0.4) is 0 Å². The number of aliphatic hydroxyl groups is 1. The van der Waals surface area contributed by atoms with E-state index in [1.54, 1.807) is 6.20 Å². The molecule has 0 radical (unpaired) electrons. The van der Waals surface area contributed by atoms with Crippen molar-refractivity contribution in [1.82, 2.24) is 15.8 Å². The number of amides is 1. The van der Waals surface area contributed by atoms with Crippen molar-refractivity contribution in [1.29, 1.82) is 0 Å². The summed E-state index contributed by atoms with van der Waals surface area (Å²) < 4.78 is 0. The highest BCUT2D eigenvalue weighted by Crippen LogP contribution is 2.34. The van der Waals surface area contributed by atoms with Gasteiger partial charge in [-0.2, -0.15) is 0 Å². The Kier molecular flexibility index (Phi) is 8.15. The van der Waals surface area contributed by atoms with Crippen molar-refractivity contribution >= 4 is 22.6 Å². The highest BCUT2D eigenvalue weighted by molar-refractivity contribution is 6.11. The molecule has 1 aliphatic rings. The lowest BCUT2D eigenvalue weighted by atomic mass is 9.81. The maximum Gasteiger partial charge on any atom is 0.226 e. The van der Waals surface area contributed by atoms with Crippen LogP contribution in [0, 0.1) is 11.3 Å². The maximum atomic E-state index is 13.7. The zero-order chi connectivity index (χ0) is 26.6. The third kappa shape index (κ3) is 6.29. The van der Waals surface area contributed by atoms with Crippen LogP contribution in [0.5, 0.6) is 0 Å². The Balaban J connectivity index is 1.57. The first-order chi connectivity index (χ1) is 17.7. The Labute approximate surface area is 217 Å². The number of nitrogens with one attached hydrogen (secondary N) is 3. The molecule has 1 aromatic heterocycles. The largest absolute Gasteiger partial charge is 0.386 e. The van der Waals surface area contributed by atoms with E-state index in [1.165, 1.54) is 0 Å². The second-order valence-corrected chi connectivity index (χ2v) is 11.0. The molecule has 5 N–H and O–H groups in total. The number of aryl methyl sites for hydroxylation is 1. The first kappa shape index (κ1) is 26.6. The van der Waals surface area contributed by atoms with Gasteiger partial charge in [0, 0.05) is 22.7 Å². The molecule has 7 heteroatoms. The zero-order valence-electron chi connectivity index (χ0n) is 21.8. The van der Waals surface area contributed by atoms with Crippen molar-refractivity contribution in [3.63, 3.8) is 0 Å². The molecule has 2 aromatic carbocycles. The summed E-state index contributed by atoms with van der Waals surface area (Å²) in [5, 5.41) is 24.7. The Hall–Kier alpha value is -3.42. The number of hydrogen-bond donors (Lipinski definition) is 5. The van der Waals surface area contributed by atoms with E-state index in [0.29, 0.717) is 24.1 Å². The number of ketones is 1. The van der Waals surface area contributed by atoms with Crippen LogP contribution in [0.25, 0.3) is 10.9 Å². The molecular weight excluding hydrogens is 466 g/mol. The lowest BCUT2D eigenvalue weighted by molar-refractivity contribution is -0.129. The van der Waals surface area contributed by atoms with Crippen LogP contribution < -0.4 is 10.8 Å². The minimum absolute atomic E-state index is 0.183. The van der Waals surface area contributed by atoms with Gasteiger partial charge in [-0.15, -0.1) is 0 Å². The molecule has 0 bridgehead atoms. The van der Waals surface area contributed by atoms with E-state index in [1.807, 2.05) is 75.4 Å². The first-order valence-corrected chi connectivity index (χ1v) is 13.0. The summed E-state index contributed by atoms with van der Waals surface area (Å²) in [5.74, 6) is -1.41. The molecule has 1 heterocycles. The molecule has 7 nitrogen and oxygen atoms in total. The molecule has 0 saturated heterocycles. The summed E-state index contributed by atoms with van der Waals surface area (Å²) in [6, 6.07) is 16.8. The van der Waals surface area contributed by atoms with E-state index >= 15 is 0 Å². The minimum atomic E-state index is -1.19. The monoisotopic (exact) mass is 503 g/mol. The minimum Gasteiger partial charge on any atom is -0.386 e. The average molecular weight is 504 g/mol. The maximum absolute atomic E-state index is 13.7. The van der Waals surface area contributed by atoms with Gasteiger partial charge in [0.05, 0.1) is 17.7 Å². The Bertz CT molecular complexity index is 1270. The molecule has 4 rings (SSSR count). The van der Waals surface area contributed by atoms with E-state index < -0.39 is 29.4 Å². The molecule has 37 heavy (non-hydrogen) atoms. The molecule has 0 aliphatic heterocycles. The number of aliphatic hydroxyl groups excluding tert-OH is 1. The number of aromatic amines is 1. The lowest BCUT2D eigenvalue weighted by Crippen LogP contribution is -2.52. The number of allylic oxidation sites excluding steroid dienone is 1. The van der Waals surface area contributed by atoms with Gasteiger partial charge in [-0.05, 0) is 54.7 Å². The number of carbonyl (C=O) groups is 2. The van der Waals surface area contributed by atoms with Gasteiger partial charge >= 0.3 is 0 Å². The summed E-state index contributed by atoms with van der Waals surface area (Å²) in [6.07, 6.45) is 3.89. The highest BCUT2D eigenvalue weighted by atomic mass is 16.5. The smallest absolute Gasteiger partial charge is 0.226 e. The van der Waals surface area contributed by atoms with Crippen molar-refractivity contribution in [3.8, 4) is 0 Å². The number of aromatic nitrogens is 1. The predicted molar refractivity (Wildman–Crippen MR) is 144 cm³/mol. The number of rotatable bonds is 11. The second kappa shape index (κ2) is 11.3. The summed E-state index contributed by atoms with van der Waals surface area (Å²) in [5.41, 5.74) is 5.31. The van der Waals surface area contributed by atoms with Gasteiger partial charge < -0.3 is 15.4 Å². The van der Waals surface area contributed by atoms with Gasteiger partial charge in [-0.25, -0.2) is 0 Å². The van der Waals surface area contributed by atoms with E-state index in [2.05, 4.69) is 15.8 Å². The third-order valence-corrected chi connectivity index (χ3v) is 7.11. The normalized spacial score (nSPS) is 15.6. The quantitative estimate of drug-likeness (QED) is 0.188. The van der Waals surface area contributed by atoms with Crippen molar-refractivity contribution in [2.75, 3.05) is 0 Å². The van der Waals surface area contributed by atoms with Gasteiger partial charge in [0.25, 0.3) is 0 Å². The van der Waals surface area contributed by atoms with Crippen LogP contribution in [0.4, 0.5) is 0 Å². The molecule has 1 amide bonds. The number of hydroxylamine groups is 1. The molecule has 3 aromatic rings. The summed E-state index contributed by atoms with van der Waals surface area (Å²) in [7, 11) is 0. The van der Waals surface area contributed by atoms with Crippen molar-refractivity contribution in [3.05, 3.63) is 83.2 Å². The fourth-order valence-electron chi connectivity index (χ4n) is 4.85. The van der Waals surface area contributed by atoms with Crippen molar-refractivity contribution < 1.29 is 19.9 Å². The van der Waals surface area contributed by atoms with Crippen LogP contribution in [-0.2, 0) is 11.2 Å². The molecule has 196 valence electrons. The third-order valence-electron chi connectivity index (χ3n) is 7.11. The number of Topliss-reactive ketones (excluding diaryl/α,β-unsaturated/α-hetero) is 1. The van der Waals surface area contributed by atoms with Crippen LogP contribution in [0.15, 0.2) is 72.1 Å². The summed E-state index contributed by atoms with van der Waals surface area (Å²) in [6.45, 7) is 5.75. The number of para-hydroxylation sites is 1. The number of hydrogen-bond acceptors (Lipinski definition) is 5. The van der Waals surface area contributed by atoms with Crippen molar-refractivity contribution in [2.24, 2.45) is 11.3 Å². The molecule has 0 spiro atoms. The zero-order valence-corrected chi connectivity index (χ0v) is 21.8. The Morgan fingerprint density at radius 1 is 1.03 bits per heavy atom. The number of fused-ring (bicyclic) bond motifs is 1. The average Bonchev–Trinajstić information content (AvgIpc) is 3.62. The Morgan fingerprint density at radius 3 is 2.35 bits per heavy atom. The fraction of sp³-hybridized carbons (Fsp3) is 0.400. The van der Waals surface area contributed by atoms with Gasteiger partial charge in [0.1, 0.15) is 6.10 Å². The Morgan fingerprint density at radius 2 is 1.70 bits per heavy atom. The van der Waals surface area contributed by atoms with Gasteiger partial charge in [-0.3, -0.25) is 20.3 Å². The molecule has 1 fully saturated rings. The van der Waals surface area contributed by atoms with E-state index in [0.717, 1.165) is 41.3 Å². The van der Waals surface area contributed by atoms with Gasteiger partial charge in [0.2, 0.25) is 5.91 Å². The summed E-state index contributed by atoms with van der Waals surface area (Å²) in [4.78, 5) is 30.6. The molecule has 1 aliphatic carbocycles. The van der Waals surface area contributed by atoms with Gasteiger partial charge in [0.15, 0.2) is 5.78 Å². The number of H-pyrrole nitrogens is 1. The van der Waals surface area contributed by atoms with Crippen LogP contribution in [0.1, 0.15) is 62.4 Å². The highest BCUT2D eigenvalue weighted by Gasteiger charge is 2.39. The van der Waals surface area contributed by atoms with Crippen LogP contribution >= 0.6 is 0 Å². The van der Waals surface area contributed by atoms with Crippen molar-refractivity contribution in [2.45, 2.75) is 65.0 Å². The second-order valence-electron chi connectivity index (χ2n) is 11.0. The number of carbonyl (C=O) groups excluding carboxylic acids is 2. The van der Waals surface area contributed by atoms with E-state index in [-0.39, 0.29) is 5.78 Å². The van der Waals surface area contributed by atoms with Gasteiger partial charge in [-0.1, -0.05) is 69.3 Å². The summed E-state index contributed by atoms with van der Waals surface area (Å²) >= 11 is 0. The lowest BCUT2D eigenvalue weighted by Gasteiger charge is -2.33. The molecule has 3 atom stereocenters. The van der Waals surface area contributed by atoms with E-state index in [9.17, 15) is 19.9 Å². The molecule has 0 unspecified atom stereocenters. The van der Waals surface area contributed by atoms with Crippen LogP contribution in [-0.4, -0.2) is 39.1 Å². The molecular formula is C30H37N3O4. The SMILES string of the molecule is CC(C)(C)[C@H](NC(=O)[C@H](CCCc1ccccc1)[C@H](O)C(NO)=C1CC1)C(=O)c1c[nH]c2ccccc12. The topological polar surface area (TPSA) is 114 Å². The fourth-order valence-corrected chi connectivity index (χ4v) is 4.85. The molecule has 1 saturated carbocycles. The van der Waals surface area contributed by atoms with Crippen LogP contribution in [0.2, 0.25) is 0 Å². The predicted octanol–water partition coefficient (Wildman–Crippen LogP) is 4.91.